The van der Waals surface area contributed by atoms with Crippen LogP contribution >= 0.6 is 11.6 Å². The van der Waals surface area contributed by atoms with Crippen LogP contribution in [-0.4, -0.2) is 33.2 Å². The van der Waals surface area contributed by atoms with Gasteiger partial charge in [0.1, 0.15) is 11.6 Å². The Morgan fingerprint density at radius 2 is 1.77 bits per heavy atom. The first-order valence-electron chi connectivity index (χ1n) is 12.7. The van der Waals surface area contributed by atoms with Gasteiger partial charge in [0, 0.05) is 11.8 Å². The van der Waals surface area contributed by atoms with E-state index in [4.69, 9.17) is 22.3 Å². The summed E-state index contributed by atoms with van der Waals surface area (Å²) in [6.45, 7) is 1.85. The van der Waals surface area contributed by atoms with Gasteiger partial charge in [-0.05, 0) is 61.7 Å². The van der Waals surface area contributed by atoms with Crippen molar-refractivity contribution in [2.24, 2.45) is 0 Å². The summed E-state index contributed by atoms with van der Waals surface area (Å²) in [6.07, 6.45) is 2.90. The summed E-state index contributed by atoms with van der Waals surface area (Å²) in [5.41, 5.74) is 7.94. The zero-order valence-corrected chi connectivity index (χ0v) is 23.0. The largest absolute Gasteiger partial charge is 0.368 e. The Bertz CT molecular complexity index is 1920. The standard InChI is InChI=1S/C29H25ClN6O3S/c1-17(27-34-24-12-6-11-23(30)25(24)28(37)36(27)19-8-3-2-4-9-19)33-26-22(16-32-29(31)35-26)18-7-5-10-21(15-18)40(38,39)20-13-14-20/h2-12,15-17,20H,13-14H2,1H3,(H3,31,32,33,35). The molecule has 3 aromatic carbocycles. The molecule has 1 aliphatic carbocycles. The van der Waals surface area contributed by atoms with Crippen LogP contribution in [0.25, 0.3) is 27.7 Å². The zero-order valence-electron chi connectivity index (χ0n) is 21.5. The summed E-state index contributed by atoms with van der Waals surface area (Å²) in [6, 6.07) is 20.5. The summed E-state index contributed by atoms with van der Waals surface area (Å²) in [5.74, 6) is 0.846. The number of nitrogens with two attached hydrogens (primary N) is 1. The molecular weight excluding hydrogens is 548 g/mol. The number of aromatic nitrogens is 4. The van der Waals surface area contributed by atoms with Gasteiger partial charge in [0.15, 0.2) is 9.84 Å². The SMILES string of the molecule is CC(Nc1nc(N)ncc1-c1cccc(S(=O)(=O)C2CC2)c1)c1nc2cccc(Cl)c2c(=O)n1-c1ccccc1. The van der Waals surface area contributed by atoms with Crippen molar-refractivity contribution in [3.8, 4) is 16.8 Å². The van der Waals surface area contributed by atoms with Crippen LogP contribution < -0.4 is 16.6 Å². The number of nitrogen functional groups attached to an aromatic ring is 1. The fraction of sp³-hybridized carbons (Fsp3) is 0.172. The van der Waals surface area contributed by atoms with Crippen molar-refractivity contribution in [1.29, 1.82) is 0 Å². The first kappa shape index (κ1) is 26.0. The normalized spacial score (nSPS) is 14.2. The molecule has 9 nitrogen and oxygen atoms in total. The molecule has 6 rings (SSSR count). The number of sulfone groups is 1. The Morgan fingerprint density at radius 1 is 1.02 bits per heavy atom. The summed E-state index contributed by atoms with van der Waals surface area (Å²) in [7, 11) is -3.39. The third-order valence-electron chi connectivity index (χ3n) is 6.87. The second-order valence-corrected chi connectivity index (χ2v) is 12.3. The third-order valence-corrected chi connectivity index (χ3v) is 9.45. The Kier molecular flexibility index (Phi) is 6.52. The molecule has 202 valence electrons. The lowest BCUT2D eigenvalue weighted by Gasteiger charge is -2.21. The van der Waals surface area contributed by atoms with E-state index in [1.807, 2.05) is 37.3 Å². The summed E-state index contributed by atoms with van der Waals surface area (Å²) < 4.78 is 27.3. The highest BCUT2D eigenvalue weighted by Gasteiger charge is 2.37. The number of anilines is 2. The highest BCUT2D eigenvalue weighted by Crippen LogP contribution is 2.36. The molecule has 1 fully saturated rings. The third kappa shape index (κ3) is 4.69. The van der Waals surface area contributed by atoms with Gasteiger partial charge in [0.05, 0.1) is 37.8 Å². The van der Waals surface area contributed by atoms with E-state index < -0.39 is 15.9 Å². The van der Waals surface area contributed by atoms with E-state index in [1.54, 1.807) is 48.7 Å². The quantitative estimate of drug-likeness (QED) is 0.272. The lowest BCUT2D eigenvalue weighted by Crippen LogP contribution is -2.27. The van der Waals surface area contributed by atoms with E-state index in [0.717, 1.165) is 0 Å². The molecule has 11 heteroatoms. The van der Waals surface area contributed by atoms with Crippen LogP contribution in [0.15, 0.2) is 88.7 Å². The van der Waals surface area contributed by atoms with Crippen LogP contribution in [-0.2, 0) is 9.84 Å². The van der Waals surface area contributed by atoms with E-state index >= 15 is 0 Å². The van der Waals surface area contributed by atoms with Crippen molar-refractivity contribution in [3.05, 3.63) is 100 Å². The maximum absolute atomic E-state index is 13.8. The van der Waals surface area contributed by atoms with Crippen molar-refractivity contribution in [1.82, 2.24) is 19.5 Å². The van der Waals surface area contributed by atoms with Gasteiger partial charge in [0.25, 0.3) is 5.56 Å². The van der Waals surface area contributed by atoms with Gasteiger partial charge in [-0.25, -0.2) is 18.4 Å². The topological polar surface area (TPSA) is 133 Å². The first-order valence-corrected chi connectivity index (χ1v) is 14.7. The molecule has 2 heterocycles. The average Bonchev–Trinajstić information content (AvgIpc) is 3.80. The molecule has 0 radical (unpaired) electrons. The summed E-state index contributed by atoms with van der Waals surface area (Å²) in [4.78, 5) is 27.4. The van der Waals surface area contributed by atoms with Crippen molar-refractivity contribution < 1.29 is 8.42 Å². The Balaban J connectivity index is 1.46. The van der Waals surface area contributed by atoms with Gasteiger partial charge in [0.2, 0.25) is 5.95 Å². The number of benzene rings is 3. The van der Waals surface area contributed by atoms with E-state index in [-0.39, 0.29) is 21.7 Å². The van der Waals surface area contributed by atoms with Gasteiger partial charge < -0.3 is 11.1 Å². The molecule has 1 aliphatic rings. The minimum absolute atomic E-state index is 0.0407. The monoisotopic (exact) mass is 572 g/mol. The minimum atomic E-state index is -3.39. The number of nitrogens with one attached hydrogen (secondary N) is 1. The molecule has 2 aromatic heterocycles. The zero-order chi connectivity index (χ0) is 28.0. The van der Waals surface area contributed by atoms with Crippen molar-refractivity contribution in [2.45, 2.75) is 36.0 Å². The average molecular weight is 573 g/mol. The van der Waals surface area contributed by atoms with E-state index in [1.165, 1.54) is 4.57 Å². The summed E-state index contributed by atoms with van der Waals surface area (Å²) in [5, 5.41) is 3.65. The predicted octanol–water partition coefficient (Wildman–Crippen LogP) is 5.19. The van der Waals surface area contributed by atoms with E-state index in [9.17, 15) is 13.2 Å². The number of nitrogens with zero attached hydrogens (tertiary/aromatic N) is 4. The predicted molar refractivity (Wildman–Crippen MR) is 156 cm³/mol. The second-order valence-electron chi connectivity index (χ2n) is 9.71. The number of para-hydroxylation sites is 1. The van der Waals surface area contributed by atoms with Crippen LogP contribution in [0.2, 0.25) is 5.02 Å². The molecule has 3 N–H and O–H groups in total. The van der Waals surface area contributed by atoms with Gasteiger partial charge in [-0.1, -0.05) is 48.0 Å². The van der Waals surface area contributed by atoms with Crippen molar-refractivity contribution >= 4 is 44.1 Å². The number of hydrogen-bond acceptors (Lipinski definition) is 8. The maximum Gasteiger partial charge on any atom is 0.267 e. The van der Waals surface area contributed by atoms with E-state index in [2.05, 4.69) is 15.3 Å². The molecule has 0 bridgehead atoms. The van der Waals surface area contributed by atoms with Crippen molar-refractivity contribution in [2.75, 3.05) is 11.1 Å². The Hall–Kier alpha value is -4.28. The van der Waals surface area contributed by atoms with Crippen LogP contribution in [0.3, 0.4) is 0 Å². The van der Waals surface area contributed by atoms with Crippen LogP contribution in [0.5, 0.6) is 0 Å². The molecule has 0 spiro atoms. The lowest BCUT2D eigenvalue weighted by molar-refractivity contribution is 0.595. The van der Waals surface area contributed by atoms with Crippen LogP contribution in [0.4, 0.5) is 11.8 Å². The number of hydrogen-bond donors (Lipinski definition) is 2. The minimum Gasteiger partial charge on any atom is -0.368 e. The highest BCUT2D eigenvalue weighted by molar-refractivity contribution is 7.92. The highest BCUT2D eigenvalue weighted by atomic mass is 35.5. The maximum atomic E-state index is 13.8. The van der Waals surface area contributed by atoms with Gasteiger partial charge in [-0.3, -0.25) is 9.36 Å². The van der Waals surface area contributed by atoms with Gasteiger partial charge >= 0.3 is 0 Å². The molecule has 0 amide bonds. The van der Waals surface area contributed by atoms with Gasteiger partial charge in [-0.2, -0.15) is 4.98 Å². The lowest BCUT2D eigenvalue weighted by atomic mass is 10.1. The molecule has 0 saturated heterocycles. The summed E-state index contributed by atoms with van der Waals surface area (Å²) >= 11 is 6.42. The molecule has 0 aliphatic heterocycles. The molecule has 1 saturated carbocycles. The number of rotatable bonds is 7. The Labute approximate surface area is 235 Å². The first-order chi connectivity index (χ1) is 19.2. The van der Waals surface area contributed by atoms with E-state index in [0.29, 0.717) is 57.2 Å². The molecule has 1 atom stereocenters. The fourth-order valence-electron chi connectivity index (χ4n) is 4.72. The van der Waals surface area contributed by atoms with Crippen molar-refractivity contribution in [3.63, 3.8) is 0 Å². The van der Waals surface area contributed by atoms with Gasteiger partial charge in [-0.15, -0.1) is 0 Å². The smallest absolute Gasteiger partial charge is 0.267 e. The van der Waals surface area contributed by atoms with Crippen LogP contribution in [0, 0.1) is 0 Å². The fourth-order valence-corrected chi connectivity index (χ4v) is 6.67. The van der Waals surface area contributed by atoms with Crippen LogP contribution in [0.1, 0.15) is 31.6 Å². The Morgan fingerprint density at radius 3 is 2.52 bits per heavy atom. The second kappa shape index (κ2) is 10.0. The number of fused-ring (bicyclic) bond motifs is 1. The molecular formula is C29H25ClN6O3S. The molecule has 1 unspecified atom stereocenters. The number of halogens is 1. The molecule has 5 aromatic rings. The molecule has 40 heavy (non-hydrogen) atoms.